The van der Waals surface area contributed by atoms with Gasteiger partial charge < -0.3 is 10.1 Å². The normalized spacial score (nSPS) is 14.4. The van der Waals surface area contributed by atoms with Crippen molar-refractivity contribution < 1.29 is 14.3 Å². The van der Waals surface area contributed by atoms with Gasteiger partial charge in [-0.05, 0) is 31.7 Å². The van der Waals surface area contributed by atoms with Gasteiger partial charge >= 0.3 is 5.97 Å². The molecule has 1 aromatic carbocycles. The second-order valence-corrected chi connectivity index (χ2v) is 7.93. The van der Waals surface area contributed by atoms with Crippen LogP contribution in [-0.2, 0) is 9.53 Å². The summed E-state index contributed by atoms with van der Waals surface area (Å²) in [5, 5.41) is 3.63. The first kappa shape index (κ1) is 18.6. The lowest BCUT2D eigenvalue weighted by Gasteiger charge is -2.12. The van der Waals surface area contributed by atoms with E-state index >= 15 is 0 Å². The van der Waals surface area contributed by atoms with E-state index in [0.29, 0.717) is 17.2 Å². The highest BCUT2D eigenvalue weighted by Gasteiger charge is 2.28. The number of hydrogen-bond acceptors (Lipinski definition) is 4. The molecular weight excluding hydrogens is 346 g/mol. The molecule has 1 aromatic heterocycles. The molecule has 1 N–H and O–H groups in total. The Bertz CT molecular complexity index is 776. The van der Waals surface area contributed by atoms with Gasteiger partial charge in [-0.25, -0.2) is 4.79 Å². The summed E-state index contributed by atoms with van der Waals surface area (Å²) in [4.78, 5) is 26.4. The lowest BCUT2D eigenvalue weighted by molar-refractivity contribution is -0.119. The standard InChI is InChI=1S/C21H25NO3S/c1-3-13-25-21(24)18-17(15-9-5-4-6-10-15)14(2)26-20(18)22-19(23)16-11-7-8-12-16/h4-6,9-10,16H,3,7-8,11-13H2,1-2H3,(H,22,23). The quantitative estimate of drug-likeness (QED) is 0.690. The van der Waals surface area contributed by atoms with E-state index in [1.54, 1.807) is 0 Å². The molecule has 1 aliphatic rings. The summed E-state index contributed by atoms with van der Waals surface area (Å²) in [7, 11) is 0. The van der Waals surface area contributed by atoms with Crippen molar-refractivity contribution in [2.75, 3.05) is 11.9 Å². The number of anilines is 1. The molecule has 0 saturated heterocycles. The molecule has 1 saturated carbocycles. The largest absolute Gasteiger partial charge is 0.462 e. The van der Waals surface area contributed by atoms with Gasteiger partial charge in [0.05, 0.1) is 6.61 Å². The molecular formula is C21H25NO3S. The van der Waals surface area contributed by atoms with Crippen LogP contribution in [0, 0.1) is 12.8 Å². The van der Waals surface area contributed by atoms with E-state index < -0.39 is 0 Å². The average molecular weight is 372 g/mol. The maximum absolute atomic E-state index is 12.8. The molecule has 138 valence electrons. The monoisotopic (exact) mass is 371 g/mol. The van der Waals surface area contributed by atoms with Crippen LogP contribution in [0.25, 0.3) is 11.1 Å². The molecule has 26 heavy (non-hydrogen) atoms. The molecule has 3 rings (SSSR count). The van der Waals surface area contributed by atoms with Crippen LogP contribution in [0.3, 0.4) is 0 Å². The Balaban J connectivity index is 1.97. The SMILES string of the molecule is CCCOC(=O)c1c(NC(=O)C2CCCC2)sc(C)c1-c1ccccc1. The number of amides is 1. The fourth-order valence-electron chi connectivity index (χ4n) is 3.45. The van der Waals surface area contributed by atoms with Crippen molar-refractivity contribution in [3.8, 4) is 11.1 Å². The Morgan fingerprint density at radius 3 is 2.54 bits per heavy atom. The predicted octanol–water partition coefficient (Wildman–Crippen LogP) is 5.42. The summed E-state index contributed by atoms with van der Waals surface area (Å²) in [6.45, 7) is 4.32. The van der Waals surface area contributed by atoms with Crippen LogP contribution in [0.4, 0.5) is 5.00 Å². The van der Waals surface area contributed by atoms with Crippen LogP contribution in [0.2, 0.25) is 0 Å². The minimum Gasteiger partial charge on any atom is -0.462 e. The molecule has 4 nitrogen and oxygen atoms in total. The van der Waals surface area contributed by atoms with Gasteiger partial charge in [-0.3, -0.25) is 4.79 Å². The number of benzene rings is 1. The number of ether oxygens (including phenoxy) is 1. The number of carbonyl (C=O) groups is 2. The minimum atomic E-state index is -0.364. The first-order valence-electron chi connectivity index (χ1n) is 9.28. The van der Waals surface area contributed by atoms with E-state index in [2.05, 4.69) is 5.32 Å². The van der Waals surface area contributed by atoms with Gasteiger partial charge in [-0.1, -0.05) is 50.1 Å². The van der Waals surface area contributed by atoms with Crippen molar-refractivity contribution in [3.63, 3.8) is 0 Å². The average Bonchev–Trinajstić information content (AvgIpc) is 3.28. The lowest BCUT2D eigenvalue weighted by atomic mass is 10.0. The van der Waals surface area contributed by atoms with Crippen LogP contribution in [0.15, 0.2) is 30.3 Å². The van der Waals surface area contributed by atoms with Gasteiger partial charge in [0.15, 0.2) is 0 Å². The summed E-state index contributed by atoms with van der Waals surface area (Å²) < 4.78 is 5.42. The zero-order chi connectivity index (χ0) is 18.5. The van der Waals surface area contributed by atoms with Crippen LogP contribution in [0.1, 0.15) is 54.3 Å². The molecule has 1 aliphatic carbocycles. The minimum absolute atomic E-state index is 0.0212. The Hall–Kier alpha value is -2.14. The number of nitrogens with one attached hydrogen (secondary N) is 1. The fraction of sp³-hybridized carbons (Fsp3) is 0.429. The molecule has 5 heteroatoms. The first-order valence-corrected chi connectivity index (χ1v) is 10.1. The number of carbonyl (C=O) groups excluding carboxylic acids is 2. The zero-order valence-electron chi connectivity index (χ0n) is 15.3. The van der Waals surface area contributed by atoms with Crippen molar-refractivity contribution >= 4 is 28.2 Å². The maximum Gasteiger partial charge on any atom is 0.341 e. The molecule has 1 heterocycles. The van der Waals surface area contributed by atoms with E-state index in [1.807, 2.05) is 44.2 Å². The van der Waals surface area contributed by atoms with E-state index in [4.69, 9.17) is 4.74 Å². The third-order valence-electron chi connectivity index (χ3n) is 4.75. The maximum atomic E-state index is 12.8. The second kappa shape index (κ2) is 8.49. The Morgan fingerprint density at radius 1 is 1.19 bits per heavy atom. The van der Waals surface area contributed by atoms with E-state index in [0.717, 1.165) is 48.1 Å². The number of aryl methyl sites for hydroxylation is 1. The van der Waals surface area contributed by atoms with Gasteiger partial charge in [0.1, 0.15) is 10.6 Å². The fourth-order valence-corrected chi connectivity index (χ4v) is 4.52. The highest BCUT2D eigenvalue weighted by molar-refractivity contribution is 7.17. The molecule has 1 amide bonds. The summed E-state index contributed by atoms with van der Waals surface area (Å²) in [6.07, 6.45) is 4.82. The third-order valence-corrected chi connectivity index (χ3v) is 5.77. The molecule has 0 spiro atoms. The summed E-state index contributed by atoms with van der Waals surface area (Å²) >= 11 is 1.45. The van der Waals surface area contributed by atoms with Crippen molar-refractivity contribution in [1.82, 2.24) is 0 Å². The number of thiophene rings is 1. The van der Waals surface area contributed by atoms with E-state index in [9.17, 15) is 9.59 Å². The molecule has 0 unspecified atom stereocenters. The van der Waals surface area contributed by atoms with Crippen molar-refractivity contribution in [2.24, 2.45) is 5.92 Å². The summed E-state index contributed by atoms with van der Waals surface area (Å²) in [6, 6.07) is 9.81. The van der Waals surface area contributed by atoms with Crippen molar-refractivity contribution in [2.45, 2.75) is 46.0 Å². The number of hydrogen-bond donors (Lipinski definition) is 1. The molecule has 0 atom stereocenters. The van der Waals surface area contributed by atoms with Gasteiger partial charge in [0, 0.05) is 16.4 Å². The smallest absolute Gasteiger partial charge is 0.341 e. The van der Waals surface area contributed by atoms with Crippen LogP contribution >= 0.6 is 11.3 Å². The predicted molar refractivity (Wildman–Crippen MR) is 106 cm³/mol. The lowest BCUT2D eigenvalue weighted by Crippen LogP contribution is -2.21. The second-order valence-electron chi connectivity index (χ2n) is 6.71. The third kappa shape index (κ3) is 3.98. The van der Waals surface area contributed by atoms with Crippen LogP contribution < -0.4 is 5.32 Å². The van der Waals surface area contributed by atoms with Crippen molar-refractivity contribution in [1.29, 1.82) is 0 Å². The van der Waals surface area contributed by atoms with Crippen LogP contribution in [0.5, 0.6) is 0 Å². The molecule has 0 bridgehead atoms. The number of rotatable bonds is 6. The Morgan fingerprint density at radius 2 is 1.88 bits per heavy atom. The van der Waals surface area contributed by atoms with Gasteiger partial charge in [-0.2, -0.15) is 0 Å². The van der Waals surface area contributed by atoms with E-state index in [1.165, 1.54) is 11.3 Å². The molecule has 2 aromatic rings. The van der Waals surface area contributed by atoms with E-state index in [-0.39, 0.29) is 17.8 Å². The highest BCUT2D eigenvalue weighted by atomic mass is 32.1. The zero-order valence-corrected chi connectivity index (χ0v) is 16.2. The highest BCUT2D eigenvalue weighted by Crippen LogP contribution is 2.41. The van der Waals surface area contributed by atoms with Crippen molar-refractivity contribution in [3.05, 3.63) is 40.8 Å². The first-order chi connectivity index (χ1) is 12.6. The Kier molecular flexibility index (Phi) is 6.09. The summed E-state index contributed by atoms with van der Waals surface area (Å²) in [5.41, 5.74) is 2.31. The topological polar surface area (TPSA) is 55.4 Å². The molecule has 1 fully saturated rings. The van der Waals surface area contributed by atoms with Gasteiger partial charge in [0.2, 0.25) is 5.91 Å². The molecule has 0 aliphatic heterocycles. The summed E-state index contributed by atoms with van der Waals surface area (Å²) in [5.74, 6) is -0.290. The molecule has 0 radical (unpaired) electrons. The number of esters is 1. The van der Waals surface area contributed by atoms with Gasteiger partial charge in [0.25, 0.3) is 0 Å². The Labute approximate surface area is 158 Å². The van der Waals surface area contributed by atoms with Crippen LogP contribution in [-0.4, -0.2) is 18.5 Å². The van der Waals surface area contributed by atoms with Gasteiger partial charge in [-0.15, -0.1) is 11.3 Å².